The van der Waals surface area contributed by atoms with Crippen LogP contribution < -0.4 is 15.4 Å². The van der Waals surface area contributed by atoms with Crippen LogP contribution in [0.1, 0.15) is 18.4 Å². The minimum absolute atomic E-state index is 0.129. The van der Waals surface area contributed by atoms with Crippen LogP contribution >= 0.6 is 0 Å². The molecule has 4 nitrogen and oxygen atoms in total. The Morgan fingerprint density at radius 1 is 1.32 bits per heavy atom. The Kier molecular flexibility index (Phi) is 5.65. The summed E-state index contributed by atoms with van der Waals surface area (Å²) in [5, 5.41) is 6.10. The summed E-state index contributed by atoms with van der Waals surface area (Å²) in [5.74, 6) is 0.194. The number of nitrogens with one attached hydrogen (secondary N) is 2. The number of carbonyl (C=O) groups excluding carboxylic acids is 1. The highest BCUT2D eigenvalue weighted by molar-refractivity contribution is 5.78. The van der Waals surface area contributed by atoms with E-state index in [9.17, 15) is 18.0 Å². The maximum Gasteiger partial charge on any atom is 0.573 e. The second-order valence-corrected chi connectivity index (χ2v) is 5.37. The number of amides is 1. The molecule has 1 unspecified atom stereocenters. The van der Waals surface area contributed by atoms with Crippen LogP contribution in [0.3, 0.4) is 0 Å². The Balaban J connectivity index is 1.71. The van der Waals surface area contributed by atoms with E-state index >= 15 is 0 Å². The number of hydrogen-bond acceptors (Lipinski definition) is 3. The van der Waals surface area contributed by atoms with E-state index in [0.29, 0.717) is 18.0 Å². The molecule has 1 aliphatic heterocycles. The van der Waals surface area contributed by atoms with Crippen molar-refractivity contribution in [1.29, 1.82) is 0 Å². The van der Waals surface area contributed by atoms with Gasteiger partial charge in [0.25, 0.3) is 0 Å². The minimum Gasteiger partial charge on any atom is -0.406 e. The summed E-state index contributed by atoms with van der Waals surface area (Å²) in [4.78, 5) is 11.8. The first-order chi connectivity index (χ1) is 10.4. The molecule has 0 radical (unpaired) electrons. The third-order valence-electron chi connectivity index (χ3n) is 3.56. The molecule has 0 saturated carbocycles. The van der Waals surface area contributed by atoms with Crippen molar-refractivity contribution in [3.8, 4) is 5.75 Å². The van der Waals surface area contributed by atoms with Gasteiger partial charge in [0.2, 0.25) is 5.91 Å². The molecular weight excluding hydrogens is 297 g/mol. The number of halogens is 3. The zero-order valence-corrected chi connectivity index (χ0v) is 12.1. The van der Waals surface area contributed by atoms with Crippen LogP contribution in [0.15, 0.2) is 24.3 Å². The van der Waals surface area contributed by atoms with E-state index in [2.05, 4.69) is 15.4 Å². The Hall–Kier alpha value is -1.76. The van der Waals surface area contributed by atoms with Crippen molar-refractivity contribution >= 4 is 5.91 Å². The van der Waals surface area contributed by atoms with E-state index < -0.39 is 6.36 Å². The minimum atomic E-state index is -4.70. The monoisotopic (exact) mass is 316 g/mol. The highest BCUT2D eigenvalue weighted by Gasteiger charge is 2.30. The fraction of sp³-hybridized carbons (Fsp3) is 0.533. The Morgan fingerprint density at radius 3 is 2.64 bits per heavy atom. The molecule has 1 fully saturated rings. The second kappa shape index (κ2) is 7.49. The molecule has 1 amide bonds. The molecule has 122 valence electrons. The van der Waals surface area contributed by atoms with E-state index in [4.69, 9.17) is 0 Å². The zero-order chi connectivity index (χ0) is 16.0. The predicted molar refractivity (Wildman–Crippen MR) is 75.4 cm³/mol. The summed E-state index contributed by atoms with van der Waals surface area (Å²) >= 11 is 0. The summed E-state index contributed by atoms with van der Waals surface area (Å²) in [6, 6.07) is 5.34. The molecule has 1 saturated heterocycles. The van der Waals surface area contributed by atoms with Crippen LogP contribution in [-0.4, -0.2) is 31.9 Å². The lowest BCUT2D eigenvalue weighted by Crippen LogP contribution is -2.27. The molecule has 1 aliphatic rings. The summed E-state index contributed by atoms with van der Waals surface area (Å²) in [5.41, 5.74) is 0.648. The van der Waals surface area contributed by atoms with Gasteiger partial charge in [-0.15, -0.1) is 13.2 Å². The standard InChI is InChI=1S/C15H19F3N2O2/c16-15(17,18)22-13-3-1-11(2-4-13)9-14(21)20-8-6-12-5-7-19-10-12/h1-4,12,19H,5-10H2,(H,20,21). The van der Waals surface area contributed by atoms with Gasteiger partial charge in [0.15, 0.2) is 0 Å². The third-order valence-corrected chi connectivity index (χ3v) is 3.56. The number of ether oxygens (including phenoxy) is 1. The van der Waals surface area contributed by atoms with Gasteiger partial charge in [0.05, 0.1) is 6.42 Å². The van der Waals surface area contributed by atoms with Crippen LogP contribution in [0, 0.1) is 5.92 Å². The van der Waals surface area contributed by atoms with Crippen molar-refractivity contribution in [2.24, 2.45) is 5.92 Å². The van der Waals surface area contributed by atoms with Crippen molar-refractivity contribution in [2.45, 2.75) is 25.6 Å². The van der Waals surface area contributed by atoms with Crippen molar-refractivity contribution in [3.05, 3.63) is 29.8 Å². The summed E-state index contributed by atoms with van der Waals surface area (Å²) in [7, 11) is 0. The fourth-order valence-electron chi connectivity index (χ4n) is 2.43. The third kappa shape index (κ3) is 5.93. The highest BCUT2D eigenvalue weighted by atomic mass is 19.4. The SMILES string of the molecule is O=C(Cc1ccc(OC(F)(F)F)cc1)NCCC1CCNC1. The van der Waals surface area contributed by atoms with E-state index in [-0.39, 0.29) is 18.1 Å². The molecule has 0 aliphatic carbocycles. The highest BCUT2D eigenvalue weighted by Crippen LogP contribution is 2.22. The Morgan fingerprint density at radius 2 is 2.05 bits per heavy atom. The van der Waals surface area contributed by atoms with Crippen molar-refractivity contribution in [2.75, 3.05) is 19.6 Å². The number of hydrogen-bond donors (Lipinski definition) is 2. The lowest BCUT2D eigenvalue weighted by Gasteiger charge is -2.10. The van der Waals surface area contributed by atoms with Crippen LogP contribution in [0.25, 0.3) is 0 Å². The first-order valence-corrected chi connectivity index (χ1v) is 7.24. The Bertz CT molecular complexity index is 483. The summed E-state index contributed by atoms with van der Waals surface area (Å²) in [6.07, 6.45) is -2.48. The van der Waals surface area contributed by atoms with Gasteiger partial charge in [-0.25, -0.2) is 0 Å². The lowest BCUT2D eigenvalue weighted by atomic mass is 10.1. The second-order valence-electron chi connectivity index (χ2n) is 5.37. The predicted octanol–water partition coefficient (Wildman–Crippen LogP) is 2.24. The maximum absolute atomic E-state index is 12.0. The largest absolute Gasteiger partial charge is 0.573 e. The quantitative estimate of drug-likeness (QED) is 0.846. The van der Waals surface area contributed by atoms with Gasteiger partial charge in [0.1, 0.15) is 5.75 Å². The van der Waals surface area contributed by atoms with Crippen LogP contribution in [0.4, 0.5) is 13.2 Å². The first-order valence-electron chi connectivity index (χ1n) is 7.24. The molecule has 22 heavy (non-hydrogen) atoms. The number of alkyl halides is 3. The smallest absolute Gasteiger partial charge is 0.406 e. The molecule has 2 rings (SSSR count). The van der Waals surface area contributed by atoms with Gasteiger partial charge in [0, 0.05) is 6.54 Å². The van der Waals surface area contributed by atoms with Gasteiger partial charge in [-0.2, -0.15) is 0 Å². The molecule has 1 atom stereocenters. The zero-order valence-electron chi connectivity index (χ0n) is 12.1. The summed E-state index contributed by atoms with van der Waals surface area (Å²) < 4.78 is 39.9. The first kappa shape index (κ1) is 16.6. The molecule has 0 spiro atoms. The molecular formula is C15H19F3N2O2. The van der Waals surface area contributed by atoms with Gasteiger partial charge in [-0.05, 0) is 49.5 Å². The van der Waals surface area contributed by atoms with E-state index in [0.717, 1.165) is 25.9 Å². The van der Waals surface area contributed by atoms with Crippen LogP contribution in [0.5, 0.6) is 5.75 Å². The number of rotatable bonds is 6. The molecule has 1 heterocycles. The molecule has 0 bridgehead atoms. The Labute approximate surface area is 127 Å². The summed E-state index contributed by atoms with van der Waals surface area (Å²) in [6.45, 7) is 2.65. The normalized spacial score (nSPS) is 18.2. The van der Waals surface area contributed by atoms with Crippen molar-refractivity contribution in [3.63, 3.8) is 0 Å². The van der Waals surface area contributed by atoms with Gasteiger partial charge in [-0.1, -0.05) is 12.1 Å². The molecule has 1 aromatic carbocycles. The van der Waals surface area contributed by atoms with Crippen molar-refractivity contribution in [1.82, 2.24) is 10.6 Å². The average molecular weight is 316 g/mol. The maximum atomic E-state index is 12.0. The fourth-order valence-corrected chi connectivity index (χ4v) is 2.43. The van der Waals surface area contributed by atoms with E-state index in [1.165, 1.54) is 24.3 Å². The van der Waals surface area contributed by atoms with Crippen molar-refractivity contribution < 1.29 is 22.7 Å². The number of benzene rings is 1. The number of carbonyl (C=O) groups is 1. The molecule has 7 heteroatoms. The van der Waals surface area contributed by atoms with Gasteiger partial charge in [-0.3, -0.25) is 4.79 Å². The topological polar surface area (TPSA) is 50.4 Å². The van der Waals surface area contributed by atoms with Crippen LogP contribution in [-0.2, 0) is 11.2 Å². The average Bonchev–Trinajstić information content (AvgIpc) is 2.92. The molecule has 2 N–H and O–H groups in total. The molecule has 1 aromatic rings. The lowest BCUT2D eigenvalue weighted by molar-refractivity contribution is -0.274. The van der Waals surface area contributed by atoms with E-state index in [1.807, 2.05) is 0 Å². The van der Waals surface area contributed by atoms with E-state index in [1.54, 1.807) is 0 Å². The van der Waals surface area contributed by atoms with Gasteiger partial charge < -0.3 is 15.4 Å². The van der Waals surface area contributed by atoms with Crippen LogP contribution in [0.2, 0.25) is 0 Å². The molecule has 0 aromatic heterocycles. The van der Waals surface area contributed by atoms with Gasteiger partial charge >= 0.3 is 6.36 Å².